The zero-order valence-electron chi connectivity index (χ0n) is 10.4. The van der Waals surface area contributed by atoms with Gasteiger partial charge in [0.25, 0.3) is 0 Å². The van der Waals surface area contributed by atoms with Gasteiger partial charge in [0, 0.05) is 7.11 Å². The first-order valence-corrected chi connectivity index (χ1v) is 5.92. The van der Waals surface area contributed by atoms with Crippen molar-refractivity contribution < 1.29 is 4.74 Å². The zero-order valence-corrected chi connectivity index (χ0v) is 10.4. The molecule has 1 aromatic rings. The van der Waals surface area contributed by atoms with Crippen molar-refractivity contribution in [2.45, 2.75) is 32.2 Å². The predicted octanol–water partition coefficient (Wildman–Crippen LogP) is 2.57. The van der Waals surface area contributed by atoms with Gasteiger partial charge in [-0.3, -0.25) is 0 Å². The minimum atomic E-state index is 0.251. The smallest absolute Gasteiger partial charge is 0.142 e. The molecular formula is C13H19N3O. The number of unbranched alkanes of at least 4 members (excludes halogenated alkanes) is 1. The molecule has 17 heavy (non-hydrogen) atoms. The van der Waals surface area contributed by atoms with E-state index < -0.39 is 0 Å². The summed E-state index contributed by atoms with van der Waals surface area (Å²) in [5.41, 5.74) is 0.432. The molecule has 0 aliphatic carbocycles. The Bertz CT molecular complexity index is 373. The van der Waals surface area contributed by atoms with E-state index in [1.54, 1.807) is 13.2 Å². The molecule has 1 heterocycles. The molecule has 1 aromatic heterocycles. The number of nitrogens with one attached hydrogen (secondary N) is 1. The number of anilines is 1. The summed E-state index contributed by atoms with van der Waals surface area (Å²) in [4.78, 5) is 4.19. The van der Waals surface area contributed by atoms with Crippen molar-refractivity contribution in [3.05, 3.63) is 23.9 Å². The van der Waals surface area contributed by atoms with Gasteiger partial charge in [0.1, 0.15) is 17.6 Å². The van der Waals surface area contributed by atoms with E-state index in [2.05, 4.69) is 17.2 Å². The second-order valence-corrected chi connectivity index (χ2v) is 3.96. The normalized spacial score (nSPS) is 11.8. The van der Waals surface area contributed by atoms with E-state index in [1.165, 1.54) is 0 Å². The largest absolute Gasteiger partial charge is 0.383 e. The maximum Gasteiger partial charge on any atom is 0.142 e. The number of methoxy groups -OCH3 is 1. The SMILES string of the molecule is CCCCC(COC)Nc1cccc(C#N)n1. The lowest BCUT2D eigenvalue weighted by Gasteiger charge is -2.18. The van der Waals surface area contributed by atoms with Gasteiger partial charge >= 0.3 is 0 Å². The standard InChI is InChI=1S/C13H19N3O/c1-3-4-6-12(10-17-2)16-13-8-5-7-11(9-14)15-13/h5,7-8,12H,3-4,6,10H2,1-2H3,(H,15,16). The summed E-state index contributed by atoms with van der Waals surface area (Å²) in [5.74, 6) is 0.738. The molecule has 0 aromatic carbocycles. The van der Waals surface area contributed by atoms with E-state index in [0.29, 0.717) is 12.3 Å². The Labute approximate surface area is 103 Å². The van der Waals surface area contributed by atoms with E-state index >= 15 is 0 Å². The Morgan fingerprint density at radius 1 is 1.53 bits per heavy atom. The molecule has 1 atom stereocenters. The summed E-state index contributed by atoms with van der Waals surface area (Å²) in [7, 11) is 1.69. The van der Waals surface area contributed by atoms with Gasteiger partial charge < -0.3 is 10.1 Å². The average Bonchev–Trinajstić information content (AvgIpc) is 2.36. The van der Waals surface area contributed by atoms with Gasteiger partial charge in [0.05, 0.1) is 12.6 Å². The molecule has 4 heteroatoms. The fraction of sp³-hybridized carbons (Fsp3) is 0.538. The number of hydrogen-bond donors (Lipinski definition) is 1. The van der Waals surface area contributed by atoms with Crippen molar-refractivity contribution in [1.82, 2.24) is 4.98 Å². The highest BCUT2D eigenvalue weighted by Gasteiger charge is 2.08. The molecule has 92 valence electrons. The Kier molecular flexibility index (Phi) is 6.05. The van der Waals surface area contributed by atoms with Crippen LogP contribution >= 0.6 is 0 Å². The number of hydrogen-bond acceptors (Lipinski definition) is 4. The molecule has 0 radical (unpaired) electrons. The number of aromatic nitrogens is 1. The summed E-state index contributed by atoms with van der Waals surface area (Å²) in [6, 6.07) is 7.68. The molecule has 4 nitrogen and oxygen atoms in total. The topological polar surface area (TPSA) is 57.9 Å². The first-order valence-electron chi connectivity index (χ1n) is 5.92. The van der Waals surface area contributed by atoms with E-state index in [4.69, 9.17) is 10.00 Å². The molecule has 0 amide bonds. The average molecular weight is 233 g/mol. The maximum atomic E-state index is 8.78. The summed E-state index contributed by atoms with van der Waals surface area (Å²) in [6.45, 7) is 2.82. The van der Waals surface area contributed by atoms with Gasteiger partial charge in [0.15, 0.2) is 0 Å². The lowest BCUT2D eigenvalue weighted by atomic mass is 10.1. The number of nitrogens with zero attached hydrogens (tertiary/aromatic N) is 2. The first kappa shape index (κ1) is 13.5. The monoisotopic (exact) mass is 233 g/mol. The molecule has 0 saturated carbocycles. The van der Waals surface area contributed by atoms with Crippen LogP contribution in [0.25, 0.3) is 0 Å². The molecule has 1 rings (SSSR count). The van der Waals surface area contributed by atoms with Crippen LogP contribution in [0.4, 0.5) is 5.82 Å². The van der Waals surface area contributed by atoms with Gasteiger partial charge in [-0.25, -0.2) is 4.98 Å². The van der Waals surface area contributed by atoms with Crippen LogP contribution in [-0.4, -0.2) is 24.7 Å². The van der Waals surface area contributed by atoms with E-state index in [9.17, 15) is 0 Å². The minimum absolute atomic E-state index is 0.251. The Hall–Kier alpha value is -1.60. The van der Waals surface area contributed by atoms with Gasteiger partial charge in [-0.1, -0.05) is 25.8 Å². The lowest BCUT2D eigenvalue weighted by Crippen LogP contribution is -2.25. The number of rotatable bonds is 7. The van der Waals surface area contributed by atoms with Crippen LogP contribution in [0.3, 0.4) is 0 Å². The van der Waals surface area contributed by atoms with Crippen LogP contribution in [0.5, 0.6) is 0 Å². The molecule has 0 aliphatic rings. The van der Waals surface area contributed by atoms with Crippen molar-refractivity contribution in [1.29, 1.82) is 5.26 Å². The third-order valence-electron chi connectivity index (χ3n) is 2.49. The second-order valence-electron chi connectivity index (χ2n) is 3.96. The second kappa shape index (κ2) is 7.64. The van der Waals surface area contributed by atoms with Crippen LogP contribution in [0.15, 0.2) is 18.2 Å². The predicted molar refractivity (Wildman–Crippen MR) is 67.8 cm³/mol. The van der Waals surface area contributed by atoms with Gasteiger partial charge in [-0.2, -0.15) is 5.26 Å². The van der Waals surface area contributed by atoms with E-state index in [-0.39, 0.29) is 6.04 Å². The van der Waals surface area contributed by atoms with Gasteiger partial charge in [-0.15, -0.1) is 0 Å². The van der Waals surface area contributed by atoms with Crippen molar-refractivity contribution in [2.75, 3.05) is 19.0 Å². The van der Waals surface area contributed by atoms with E-state index in [0.717, 1.165) is 25.1 Å². The summed E-state index contributed by atoms with van der Waals surface area (Å²) in [5, 5.41) is 12.1. The Morgan fingerprint density at radius 2 is 2.35 bits per heavy atom. The van der Waals surface area contributed by atoms with E-state index in [1.807, 2.05) is 18.2 Å². The highest BCUT2D eigenvalue weighted by molar-refractivity contribution is 5.39. The Morgan fingerprint density at radius 3 is 3.00 bits per heavy atom. The van der Waals surface area contributed by atoms with Gasteiger partial charge in [0.2, 0.25) is 0 Å². The van der Waals surface area contributed by atoms with Crippen LogP contribution in [0, 0.1) is 11.3 Å². The quantitative estimate of drug-likeness (QED) is 0.786. The summed E-state index contributed by atoms with van der Waals surface area (Å²) < 4.78 is 5.17. The molecule has 1 unspecified atom stereocenters. The Balaban J connectivity index is 2.61. The number of ether oxygens (including phenoxy) is 1. The van der Waals surface area contributed by atoms with Crippen LogP contribution in [-0.2, 0) is 4.74 Å². The molecule has 0 spiro atoms. The fourth-order valence-corrected chi connectivity index (χ4v) is 1.64. The lowest BCUT2D eigenvalue weighted by molar-refractivity contribution is 0.182. The van der Waals surface area contributed by atoms with Crippen molar-refractivity contribution in [3.8, 4) is 6.07 Å². The minimum Gasteiger partial charge on any atom is -0.383 e. The summed E-state index contributed by atoms with van der Waals surface area (Å²) in [6.07, 6.45) is 3.36. The fourth-order valence-electron chi connectivity index (χ4n) is 1.64. The third-order valence-corrected chi connectivity index (χ3v) is 2.49. The molecule has 0 bridgehead atoms. The highest BCUT2D eigenvalue weighted by Crippen LogP contribution is 2.10. The van der Waals surface area contributed by atoms with Crippen molar-refractivity contribution in [3.63, 3.8) is 0 Å². The third kappa shape index (κ3) is 4.83. The molecule has 1 N–H and O–H groups in total. The van der Waals surface area contributed by atoms with Crippen molar-refractivity contribution in [2.24, 2.45) is 0 Å². The summed E-state index contributed by atoms with van der Waals surface area (Å²) >= 11 is 0. The number of nitriles is 1. The highest BCUT2D eigenvalue weighted by atomic mass is 16.5. The molecule has 0 saturated heterocycles. The maximum absolute atomic E-state index is 8.78. The van der Waals surface area contributed by atoms with Gasteiger partial charge in [-0.05, 0) is 18.6 Å². The van der Waals surface area contributed by atoms with Crippen LogP contribution in [0.2, 0.25) is 0 Å². The first-order chi connectivity index (χ1) is 8.30. The molecular weight excluding hydrogens is 214 g/mol. The molecule has 0 fully saturated rings. The van der Waals surface area contributed by atoms with Crippen molar-refractivity contribution >= 4 is 5.82 Å². The van der Waals surface area contributed by atoms with Crippen LogP contribution < -0.4 is 5.32 Å². The molecule has 0 aliphatic heterocycles. The number of pyridine rings is 1. The zero-order chi connectivity index (χ0) is 12.5. The van der Waals surface area contributed by atoms with Crippen LogP contribution in [0.1, 0.15) is 31.9 Å².